The topological polar surface area (TPSA) is 41.8 Å². The van der Waals surface area contributed by atoms with Crippen molar-refractivity contribution < 1.29 is 4.79 Å². The van der Waals surface area contributed by atoms with Crippen LogP contribution in [0.25, 0.3) is 0 Å². The van der Waals surface area contributed by atoms with E-state index in [1.54, 1.807) is 0 Å². The quantitative estimate of drug-likeness (QED) is 0.421. The van der Waals surface area contributed by atoms with Gasteiger partial charge in [-0.05, 0) is 0 Å². The lowest BCUT2D eigenvalue weighted by molar-refractivity contribution is -0.109. The van der Waals surface area contributed by atoms with E-state index in [2.05, 4.69) is 9.63 Å². The Labute approximate surface area is 39.0 Å². The Morgan fingerprint density at radius 2 is 2.67 bits per heavy atom. The van der Waals surface area contributed by atoms with Crippen LogP contribution in [0, 0.1) is 0 Å². The van der Waals surface area contributed by atoms with Crippen LogP contribution in [0.5, 0.6) is 0 Å². The molecule has 0 saturated carbocycles. The molecule has 1 heterocycles. The lowest BCUT2D eigenvalue weighted by atomic mass is 10.8. The highest BCUT2D eigenvalue weighted by atomic mass is 32.2. The summed E-state index contributed by atoms with van der Waals surface area (Å²) in [6, 6.07) is 0. The fourth-order valence-corrected chi connectivity index (χ4v) is 0.512. The molecule has 0 spiro atoms. The van der Waals surface area contributed by atoms with Gasteiger partial charge in [0.15, 0.2) is 0 Å². The second-order valence-corrected chi connectivity index (χ2v) is 1.65. The van der Waals surface area contributed by atoms with Gasteiger partial charge < -0.3 is 0 Å². The molecule has 0 radical (unpaired) electrons. The molecule has 1 aliphatic heterocycles. The van der Waals surface area contributed by atoms with E-state index in [4.69, 9.17) is 0 Å². The zero-order chi connectivity index (χ0) is 4.41. The van der Waals surface area contributed by atoms with Crippen molar-refractivity contribution >= 4 is 17.1 Å². The van der Waals surface area contributed by atoms with Crippen molar-refractivity contribution in [1.82, 2.24) is 0 Å². The van der Waals surface area contributed by atoms with E-state index < -0.39 is 0 Å². The number of nitrogens with zero attached hydrogens (tertiary/aromatic N) is 2. The third-order valence-corrected chi connectivity index (χ3v) is 0.930. The Kier molecular flexibility index (Phi) is 0.874. The number of carbonyl (C=O) groups is 1. The number of hydrogen-bond acceptors (Lipinski definition) is 4. The van der Waals surface area contributed by atoms with Crippen molar-refractivity contribution in [3.8, 4) is 0 Å². The highest BCUT2D eigenvalue weighted by Crippen LogP contribution is 2.10. The molecular formula is C2H2N2OS. The van der Waals surface area contributed by atoms with Crippen LogP contribution in [-0.4, -0.2) is 11.7 Å². The van der Waals surface area contributed by atoms with Crippen molar-refractivity contribution in [1.29, 1.82) is 0 Å². The van der Waals surface area contributed by atoms with Crippen LogP contribution >= 0.6 is 11.9 Å². The van der Waals surface area contributed by atoms with Crippen LogP contribution < -0.4 is 0 Å². The number of rotatable bonds is 0. The van der Waals surface area contributed by atoms with Crippen molar-refractivity contribution in [2.75, 3.05) is 6.54 Å². The van der Waals surface area contributed by atoms with Crippen LogP contribution in [0.4, 0.5) is 0 Å². The Hall–Kier alpha value is -0.380. The lowest BCUT2D eigenvalue weighted by Crippen LogP contribution is -1.85. The van der Waals surface area contributed by atoms with E-state index in [0.717, 1.165) is 11.9 Å². The Morgan fingerprint density at radius 1 is 1.83 bits per heavy atom. The summed E-state index contributed by atoms with van der Waals surface area (Å²) < 4.78 is 3.36. The molecule has 0 unspecified atom stereocenters. The first-order valence-corrected chi connectivity index (χ1v) is 2.23. The van der Waals surface area contributed by atoms with Gasteiger partial charge in [-0.3, -0.25) is 4.79 Å². The maximum atomic E-state index is 10.0. The van der Waals surface area contributed by atoms with E-state index in [1.807, 2.05) is 0 Å². The smallest absolute Gasteiger partial charge is 0.236 e. The minimum absolute atomic E-state index is 0.0370. The van der Waals surface area contributed by atoms with Crippen molar-refractivity contribution in [3.05, 3.63) is 0 Å². The standard InChI is InChI=1S/C2H2N2OS/c5-2-1-3-4-6-2/h1H2. The minimum Gasteiger partial charge on any atom is -0.283 e. The summed E-state index contributed by atoms with van der Waals surface area (Å²) in [5.74, 6) is 0. The molecule has 1 aliphatic rings. The van der Waals surface area contributed by atoms with Crippen molar-refractivity contribution in [2.45, 2.75) is 0 Å². The number of hydrogen-bond donors (Lipinski definition) is 0. The van der Waals surface area contributed by atoms with E-state index in [1.165, 1.54) is 0 Å². The summed E-state index contributed by atoms with van der Waals surface area (Å²) in [5, 5.41) is 3.44. The lowest BCUT2D eigenvalue weighted by Gasteiger charge is -1.66. The van der Waals surface area contributed by atoms with Crippen LogP contribution in [0.2, 0.25) is 0 Å². The molecule has 0 atom stereocenters. The zero-order valence-electron chi connectivity index (χ0n) is 2.92. The molecule has 32 valence electrons. The van der Waals surface area contributed by atoms with E-state index in [0.29, 0.717) is 0 Å². The first kappa shape index (κ1) is 3.80. The molecular weight excluding hydrogens is 100 g/mol. The average molecular weight is 102 g/mol. The first-order valence-electron chi connectivity index (χ1n) is 1.46. The molecule has 0 aliphatic carbocycles. The van der Waals surface area contributed by atoms with Gasteiger partial charge in [0.25, 0.3) is 0 Å². The fraction of sp³-hybridized carbons (Fsp3) is 0.500. The maximum Gasteiger partial charge on any atom is 0.236 e. The highest BCUT2D eigenvalue weighted by Gasteiger charge is 2.04. The maximum absolute atomic E-state index is 10.0. The van der Waals surface area contributed by atoms with E-state index in [-0.39, 0.29) is 11.7 Å². The summed E-state index contributed by atoms with van der Waals surface area (Å²) in [7, 11) is 0. The first-order chi connectivity index (χ1) is 2.89. The van der Waals surface area contributed by atoms with Gasteiger partial charge in [-0.15, -0.1) is 4.52 Å². The molecule has 0 aromatic rings. The predicted molar refractivity (Wildman–Crippen MR) is 22.3 cm³/mol. The summed E-state index contributed by atoms with van der Waals surface area (Å²) in [5.41, 5.74) is 0. The van der Waals surface area contributed by atoms with Crippen LogP contribution in [0.3, 0.4) is 0 Å². The second kappa shape index (κ2) is 1.38. The molecule has 0 bridgehead atoms. The SMILES string of the molecule is O=C1CN=NS1. The molecule has 0 saturated heterocycles. The van der Waals surface area contributed by atoms with Crippen LogP contribution in [0.1, 0.15) is 0 Å². The summed E-state index contributed by atoms with van der Waals surface area (Å²) in [6.07, 6.45) is 0. The zero-order valence-corrected chi connectivity index (χ0v) is 3.73. The van der Waals surface area contributed by atoms with E-state index >= 15 is 0 Å². The molecule has 3 nitrogen and oxygen atoms in total. The third-order valence-electron chi connectivity index (χ3n) is 0.400. The monoisotopic (exact) mass is 102 g/mol. The fourth-order valence-electron chi connectivity index (χ4n) is 0.190. The summed E-state index contributed by atoms with van der Waals surface area (Å²) in [6.45, 7) is 0.269. The summed E-state index contributed by atoms with van der Waals surface area (Å²) >= 11 is 0.917. The molecule has 0 aromatic carbocycles. The largest absolute Gasteiger partial charge is 0.283 e. The Bertz CT molecular complexity index is 89.7. The number of carbonyl (C=O) groups excluding carboxylic acids is 1. The van der Waals surface area contributed by atoms with Gasteiger partial charge in [-0.2, -0.15) is 5.11 Å². The van der Waals surface area contributed by atoms with Gasteiger partial charge in [-0.25, -0.2) is 0 Å². The molecule has 0 aromatic heterocycles. The second-order valence-electron chi connectivity index (χ2n) is 0.844. The normalized spacial score (nSPS) is 19.7. The minimum atomic E-state index is 0.0370. The van der Waals surface area contributed by atoms with Gasteiger partial charge in [0.2, 0.25) is 5.12 Å². The highest BCUT2D eigenvalue weighted by molar-refractivity contribution is 8.12. The predicted octanol–water partition coefficient (Wildman–Crippen LogP) is 0.627. The molecule has 0 amide bonds. The molecule has 0 N–H and O–H groups in total. The summed E-state index contributed by atoms with van der Waals surface area (Å²) in [4.78, 5) is 10.0. The third kappa shape index (κ3) is 0.567. The van der Waals surface area contributed by atoms with Crippen molar-refractivity contribution in [3.63, 3.8) is 0 Å². The van der Waals surface area contributed by atoms with Gasteiger partial charge in [0.05, 0.1) is 11.9 Å². The van der Waals surface area contributed by atoms with Crippen LogP contribution in [-0.2, 0) is 4.79 Å². The van der Waals surface area contributed by atoms with Crippen LogP contribution in [0.15, 0.2) is 9.63 Å². The Morgan fingerprint density at radius 3 is 2.83 bits per heavy atom. The van der Waals surface area contributed by atoms with Gasteiger partial charge in [0.1, 0.15) is 6.54 Å². The molecule has 4 heteroatoms. The Balaban J connectivity index is 2.52. The average Bonchev–Trinajstić information content (AvgIpc) is 1.86. The molecule has 0 fully saturated rings. The molecule has 1 rings (SSSR count). The van der Waals surface area contributed by atoms with E-state index in [9.17, 15) is 4.79 Å². The van der Waals surface area contributed by atoms with Gasteiger partial charge in [0, 0.05) is 0 Å². The van der Waals surface area contributed by atoms with Gasteiger partial charge in [-0.1, -0.05) is 0 Å². The van der Waals surface area contributed by atoms with Gasteiger partial charge >= 0.3 is 0 Å². The molecule has 6 heavy (non-hydrogen) atoms. The van der Waals surface area contributed by atoms with Crippen molar-refractivity contribution in [2.24, 2.45) is 9.63 Å².